The highest BCUT2D eigenvalue weighted by Crippen LogP contribution is 2.26. The number of carboxylic acid groups (broad SMARTS) is 1. The van der Waals surface area contributed by atoms with E-state index in [-0.39, 0.29) is 12.5 Å². The Bertz CT molecular complexity index is 782. The molecule has 1 saturated heterocycles. The molecule has 144 valence electrons. The Morgan fingerprint density at radius 2 is 1.73 bits per heavy atom. The number of nitrogens with zero attached hydrogens (tertiary/aromatic N) is 2. The van der Waals surface area contributed by atoms with Crippen LogP contribution in [0.5, 0.6) is 5.75 Å². The fraction of sp³-hybridized carbons (Fsp3) is 0.529. The molecule has 1 aromatic rings. The highest BCUT2D eigenvalue weighted by atomic mass is 32.2. The highest BCUT2D eigenvalue weighted by Gasteiger charge is 2.25. The average molecular weight is 384 g/mol. The Hall–Kier alpha value is -2.13. The van der Waals surface area contributed by atoms with E-state index in [0.29, 0.717) is 48.5 Å². The molecular formula is C17H24N2O6S. The Morgan fingerprint density at radius 3 is 2.27 bits per heavy atom. The zero-order chi connectivity index (χ0) is 19.5. The summed E-state index contributed by atoms with van der Waals surface area (Å²) in [5.41, 5.74) is 1.85. The summed E-state index contributed by atoms with van der Waals surface area (Å²) in [6, 6.07) is 3.34. The molecule has 0 saturated carbocycles. The van der Waals surface area contributed by atoms with E-state index in [2.05, 4.69) is 0 Å². The summed E-state index contributed by atoms with van der Waals surface area (Å²) in [5.74, 6) is -0.775. The minimum atomic E-state index is -3.26. The molecule has 2 rings (SSSR count). The second kappa shape index (κ2) is 8.05. The van der Waals surface area contributed by atoms with Crippen LogP contribution >= 0.6 is 0 Å². The van der Waals surface area contributed by atoms with Crippen LogP contribution in [0, 0.1) is 13.8 Å². The van der Waals surface area contributed by atoms with Crippen LogP contribution < -0.4 is 4.74 Å². The lowest BCUT2D eigenvalue weighted by Crippen LogP contribution is -2.37. The van der Waals surface area contributed by atoms with E-state index in [0.717, 1.165) is 0 Å². The third kappa shape index (κ3) is 4.95. The molecule has 1 fully saturated rings. The van der Waals surface area contributed by atoms with Crippen molar-refractivity contribution in [3.05, 3.63) is 28.8 Å². The molecule has 0 aromatic heterocycles. The average Bonchev–Trinajstić information content (AvgIpc) is 2.78. The van der Waals surface area contributed by atoms with Gasteiger partial charge in [-0.3, -0.25) is 4.79 Å². The largest absolute Gasteiger partial charge is 0.481 e. The van der Waals surface area contributed by atoms with Gasteiger partial charge in [-0.25, -0.2) is 17.5 Å². The van der Waals surface area contributed by atoms with Gasteiger partial charge >= 0.3 is 5.97 Å². The number of carbonyl (C=O) groups excluding carboxylic acids is 1. The number of hydrogen-bond acceptors (Lipinski definition) is 5. The zero-order valence-electron chi connectivity index (χ0n) is 15.2. The summed E-state index contributed by atoms with van der Waals surface area (Å²) in [5, 5.41) is 8.74. The first kappa shape index (κ1) is 20.2. The molecule has 1 heterocycles. The number of rotatable bonds is 5. The molecule has 0 atom stereocenters. The van der Waals surface area contributed by atoms with Crippen LogP contribution in [0.3, 0.4) is 0 Å². The molecule has 26 heavy (non-hydrogen) atoms. The molecule has 1 N–H and O–H groups in total. The van der Waals surface area contributed by atoms with Gasteiger partial charge < -0.3 is 14.7 Å². The van der Waals surface area contributed by atoms with Crippen molar-refractivity contribution in [2.24, 2.45) is 0 Å². The number of amides is 1. The van der Waals surface area contributed by atoms with Crippen molar-refractivity contribution in [1.82, 2.24) is 9.21 Å². The second-order valence-electron chi connectivity index (χ2n) is 6.43. The molecule has 9 heteroatoms. The third-order valence-electron chi connectivity index (χ3n) is 4.26. The van der Waals surface area contributed by atoms with Gasteiger partial charge in [-0.2, -0.15) is 0 Å². The molecule has 8 nitrogen and oxygen atoms in total. The van der Waals surface area contributed by atoms with E-state index in [1.807, 2.05) is 0 Å². The molecule has 1 amide bonds. The molecule has 1 aliphatic rings. The van der Waals surface area contributed by atoms with Crippen molar-refractivity contribution in [2.75, 3.05) is 39.0 Å². The van der Waals surface area contributed by atoms with E-state index in [1.54, 1.807) is 30.9 Å². The van der Waals surface area contributed by atoms with Crippen LogP contribution in [0.4, 0.5) is 0 Å². The van der Waals surface area contributed by atoms with Gasteiger partial charge in [0.05, 0.1) is 6.26 Å². The number of ether oxygens (including phenoxy) is 1. The predicted octanol–water partition coefficient (Wildman–Crippen LogP) is 0.874. The van der Waals surface area contributed by atoms with E-state index < -0.39 is 22.6 Å². The minimum absolute atomic E-state index is 0.170. The first-order valence-electron chi connectivity index (χ1n) is 8.30. The fourth-order valence-corrected chi connectivity index (χ4v) is 3.92. The number of benzene rings is 1. The number of hydrogen-bond donors (Lipinski definition) is 1. The van der Waals surface area contributed by atoms with Gasteiger partial charge in [-0.15, -0.1) is 0 Å². The monoisotopic (exact) mass is 384 g/mol. The van der Waals surface area contributed by atoms with Gasteiger partial charge in [-0.1, -0.05) is 0 Å². The van der Waals surface area contributed by atoms with Gasteiger partial charge in [-0.05, 0) is 43.5 Å². The lowest BCUT2D eigenvalue weighted by Gasteiger charge is -2.22. The first-order valence-corrected chi connectivity index (χ1v) is 10.1. The Labute approximate surface area is 153 Å². The molecule has 0 spiro atoms. The first-order chi connectivity index (χ1) is 12.1. The van der Waals surface area contributed by atoms with Gasteiger partial charge in [0.2, 0.25) is 10.0 Å². The lowest BCUT2D eigenvalue weighted by atomic mass is 10.0. The van der Waals surface area contributed by atoms with Crippen molar-refractivity contribution in [3.8, 4) is 5.75 Å². The predicted molar refractivity (Wildman–Crippen MR) is 96.0 cm³/mol. The van der Waals surface area contributed by atoms with Crippen molar-refractivity contribution in [2.45, 2.75) is 20.3 Å². The Balaban J connectivity index is 2.15. The van der Waals surface area contributed by atoms with E-state index in [9.17, 15) is 18.0 Å². The summed E-state index contributed by atoms with van der Waals surface area (Å²) in [4.78, 5) is 25.1. The number of sulfonamides is 1. The normalized spacial score (nSPS) is 16.2. The highest BCUT2D eigenvalue weighted by molar-refractivity contribution is 7.88. The number of carbonyl (C=O) groups is 2. The molecule has 0 bridgehead atoms. The second-order valence-corrected chi connectivity index (χ2v) is 8.41. The maximum Gasteiger partial charge on any atom is 0.341 e. The number of aliphatic carboxylic acids is 1. The summed E-state index contributed by atoms with van der Waals surface area (Å²) >= 11 is 0. The topological polar surface area (TPSA) is 104 Å². The fourth-order valence-electron chi connectivity index (χ4n) is 3.05. The maximum absolute atomic E-state index is 12.8. The van der Waals surface area contributed by atoms with Gasteiger partial charge in [0, 0.05) is 31.7 Å². The van der Waals surface area contributed by atoms with Crippen LogP contribution in [0.2, 0.25) is 0 Å². The van der Waals surface area contributed by atoms with Crippen LogP contribution in [-0.4, -0.2) is 73.6 Å². The Kier molecular flexibility index (Phi) is 6.25. The van der Waals surface area contributed by atoms with Crippen molar-refractivity contribution >= 4 is 21.9 Å². The van der Waals surface area contributed by atoms with Gasteiger partial charge in [0.25, 0.3) is 5.91 Å². The zero-order valence-corrected chi connectivity index (χ0v) is 16.0. The smallest absolute Gasteiger partial charge is 0.341 e. The van der Waals surface area contributed by atoms with Crippen molar-refractivity contribution in [1.29, 1.82) is 0 Å². The minimum Gasteiger partial charge on any atom is -0.481 e. The quantitative estimate of drug-likeness (QED) is 0.808. The standard InChI is InChI=1S/C17H24N2O6S/c1-12-9-14(10-13(2)16(12)25-11-15(20)21)17(22)18-5-4-6-19(8-7-18)26(3,23)24/h9-10H,4-8,11H2,1-3H3,(H,20,21). The SMILES string of the molecule is Cc1cc(C(=O)N2CCCN(S(C)(=O)=O)CC2)cc(C)c1OCC(=O)O. The molecule has 0 aliphatic carbocycles. The van der Waals surface area contributed by atoms with Gasteiger partial charge in [0.1, 0.15) is 5.75 Å². The molecular weight excluding hydrogens is 360 g/mol. The van der Waals surface area contributed by atoms with E-state index >= 15 is 0 Å². The number of aryl methyl sites for hydroxylation is 2. The van der Waals surface area contributed by atoms with Gasteiger partial charge in [0.15, 0.2) is 6.61 Å². The summed E-state index contributed by atoms with van der Waals surface area (Å²) in [7, 11) is -3.26. The molecule has 0 radical (unpaired) electrons. The number of carboxylic acids is 1. The van der Waals surface area contributed by atoms with Crippen LogP contribution in [0.25, 0.3) is 0 Å². The Morgan fingerprint density at radius 1 is 1.12 bits per heavy atom. The summed E-state index contributed by atoms with van der Waals surface area (Å²) in [6.07, 6.45) is 1.75. The summed E-state index contributed by atoms with van der Waals surface area (Å²) in [6.45, 7) is 4.58. The van der Waals surface area contributed by atoms with E-state index in [4.69, 9.17) is 9.84 Å². The maximum atomic E-state index is 12.8. The van der Waals surface area contributed by atoms with Crippen molar-refractivity contribution < 1.29 is 27.9 Å². The van der Waals surface area contributed by atoms with E-state index in [1.165, 1.54) is 10.6 Å². The molecule has 1 aromatic carbocycles. The third-order valence-corrected chi connectivity index (χ3v) is 5.56. The van der Waals surface area contributed by atoms with Crippen molar-refractivity contribution in [3.63, 3.8) is 0 Å². The summed E-state index contributed by atoms with van der Waals surface area (Å²) < 4.78 is 30.0. The van der Waals surface area contributed by atoms with Crippen LogP contribution in [0.1, 0.15) is 27.9 Å². The molecule has 0 unspecified atom stereocenters. The molecule has 1 aliphatic heterocycles. The van der Waals surface area contributed by atoms with Crippen LogP contribution in [0.15, 0.2) is 12.1 Å². The van der Waals surface area contributed by atoms with Crippen LogP contribution in [-0.2, 0) is 14.8 Å². The lowest BCUT2D eigenvalue weighted by molar-refractivity contribution is -0.139.